The molecule has 2 aromatic rings. The number of amides is 2. The lowest BCUT2D eigenvalue weighted by Crippen LogP contribution is -2.37. The number of aromatic nitrogens is 1. The van der Waals surface area contributed by atoms with E-state index >= 15 is 0 Å². The maximum atomic E-state index is 13.2. The molecular formula is C24H33N3O3S. The minimum Gasteiger partial charge on any atom is -0.352 e. The molecule has 7 heteroatoms. The topological polar surface area (TPSA) is 80.2 Å². The molecule has 31 heavy (non-hydrogen) atoms. The van der Waals surface area contributed by atoms with Crippen molar-refractivity contribution < 1.29 is 9.59 Å². The van der Waals surface area contributed by atoms with Gasteiger partial charge in [0.2, 0.25) is 5.43 Å². The van der Waals surface area contributed by atoms with Crippen LogP contribution < -0.4 is 16.1 Å². The van der Waals surface area contributed by atoms with Crippen molar-refractivity contribution in [2.75, 3.05) is 6.54 Å². The molecule has 1 atom stereocenters. The Morgan fingerprint density at radius 3 is 2.39 bits per heavy atom. The van der Waals surface area contributed by atoms with E-state index in [4.69, 9.17) is 0 Å². The summed E-state index contributed by atoms with van der Waals surface area (Å²) in [6.07, 6.45) is 9.41. The Hall–Kier alpha value is -2.41. The monoisotopic (exact) mass is 443 g/mol. The van der Waals surface area contributed by atoms with Crippen molar-refractivity contribution >= 4 is 23.2 Å². The van der Waals surface area contributed by atoms with Gasteiger partial charge in [-0.25, -0.2) is 0 Å². The number of thiophene rings is 1. The Balaban J connectivity index is 1.94. The standard InChI is InChI=1S/C24H33N3O3S/c1-4-20(21-11-8-12-31-21)26-24(30)19-15-27(17-9-6-5-7-10-17)14-18(22(19)28)23(29)25-13-16(2)3/h8,11-12,14-17,20H,4-7,9-10,13H2,1-3H3,(H,25,29)(H,26,30)/t20-/m1/s1. The smallest absolute Gasteiger partial charge is 0.257 e. The molecule has 1 aliphatic rings. The highest BCUT2D eigenvalue weighted by Crippen LogP contribution is 2.28. The predicted octanol–water partition coefficient (Wildman–Crippen LogP) is 4.68. The van der Waals surface area contributed by atoms with Gasteiger partial charge in [0.05, 0.1) is 6.04 Å². The lowest BCUT2D eigenvalue weighted by atomic mass is 9.95. The Bertz CT molecular complexity index is 943. The van der Waals surface area contributed by atoms with Gasteiger partial charge < -0.3 is 15.2 Å². The summed E-state index contributed by atoms with van der Waals surface area (Å²) in [7, 11) is 0. The first-order valence-corrected chi connectivity index (χ1v) is 12.2. The van der Waals surface area contributed by atoms with E-state index in [1.165, 1.54) is 6.42 Å². The molecule has 0 aliphatic heterocycles. The zero-order chi connectivity index (χ0) is 22.4. The number of carbonyl (C=O) groups excluding carboxylic acids is 2. The lowest BCUT2D eigenvalue weighted by molar-refractivity contribution is 0.0934. The van der Waals surface area contributed by atoms with E-state index in [1.807, 2.05) is 42.9 Å². The van der Waals surface area contributed by atoms with E-state index in [1.54, 1.807) is 23.7 Å². The van der Waals surface area contributed by atoms with Crippen LogP contribution in [-0.4, -0.2) is 22.9 Å². The largest absolute Gasteiger partial charge is 0.352 e. The first-order chi connectivity index (χ1) is 14.9. The number of nitrogens with zero attached hydrogens (tertiary/aromatic N) is 1. The molecule has 168 valence electrons. The molecule has 3 rings (SSSR count). The van der Waals surface area contributed by atoms with Crippen molar-refractivity contribution in [2.45, 2.75) is 71.4 Å². The van der Waals surface area contributed by atoms with Crippen LogP contribution in [0, 0.1) is 5.92 Å². The molecule has 1 fully saturated rings. The summed E-state index contributed by atoms with van der Waals surface area (Å²) in [5, 5.41) is 7.80. The molecule has 1 aliphatic carbocycles. The number of hydrogen-bond donors (Lipinski definition) is 2. The summed E-state index contributed by atoms with van der Waals surface area (Å²) in [4.78, 5) is 40.2. The molecule has 0 spiro atoms. The van der Waals surface area contributed by atoms with Gasteiger partial charge in [0.15, 0.2) is 0 Å². The fourth-order valence-electron chi connectivity index (χ4n) is 4.00. The van der Waals surface area contributed by atoms with E-state index in [0.29, 0.717) is 6.54 Å². The SMILES string of the molecule is CC[C@@H](NC(=O)c1cn(C2CCCCC2)cc(C(=O)NCC(C)C)c1=O)c1cccs1. The molecule has 2 amide bonds. The Labute approximate surface area is 188 Å². The Morgan fingerprint density at radius 1 is 1.13 bits per heavy atom. The van der Waals surface area contributed by atoms with Crippen LogP contribution in [0.2, 0.25) is 0 Å². The van der Waals surface area contributed by atoms with Crippen LogP contribution >= 0.6 is 11.3 Å². The average Bonchev–Trinajstić information content (AvgIpc) is 3.31. The third kappa shape index (κ3) is 5.85. The molecule has 2 aromatic heterocycles. The van der Waals surface area contributed by atoms with Crippen molar-refractivity contribution in [1.29, 1.82) is 0 Å². The van der Waals surface area contributed by atoms with Gasteiger partial charge in [-0.1, -0.05) is 46.1 Å². The van der Waals surface area contributed by atoms with Gasteiger partial charge in [-0.3, -0.25) is 14.4 Å². The molecule has 0 unspecified atom stereocenters. The Morgan fingerprint density at radius 2 is 1.81 bits per heavy atom. The van der Waals surface area contributed by atoms with Crippen molar-refractivity contribution in [3.8, 4) is 0 Å². The maximum Gasteiger partial charge on any atom is 0.257 e. The van der Waals surface area contributed by atoms with Gasteiger partial charge in [0, 0.05) is 29.9 Å². The minimum absolute atomic E-state index is 0.0396. The number of pyridine rings is 1. The second kappa shape index (κ2) is 10.8. The molecular weight excluding hydrogens is 410 g/mol. The third-order valence-corrected chi connectivity index (χ3v) is 6.79. The maximum absolute atomic E-state index is 13.2. The van der Waals surface area contributed by atoms with E-state index in [9.17, 15) is 14.4 Å². The number of rotatable bonds is 8. The van der Waals surface area contributed by atoms with Crippen LogP contribution in [-0.2, 0) is 0 Å². The van der Waals surface area contributed by atoms with E-state index in [0.717, 1.165) is 37.0 Å². The normalized spacial score (nSPS) is 15.6. The molecule has 0 radical (unpaired) electrons. The summed E-state index contributed by atoms with van der Waals surface area (Å²) in [6.45, 7) is 6.48. The molecule has 0 saturated heterocycles. The summed E-state index contributed by atoms with van der Waals surface area (Å²) in [5.74, 6) is -0.566. The van der Waals surface area contributed by atoms with Crippen molar-refractivity contribution in [3.05, 3.63) is 56.1 Å². The van der Waals surface area contributed by atoms with Gasteiger partial charge >= 0.3 is 0 Å². The van der Waals surface area contributed by atoms with Gasteiger partial charge in [0.25, 0.3) is 11.8 Å². The fraction of sp³-hybridized carbons (Fsp3) is 0.542. The van der Waals surface area contributed by atoms with Crippen LogP contribution in [0.4, 0.5) is 0 Å². The van der Waals surface area contributed by atoms with Crippen molar-refractivity contribution in [2.24, 2.45) is 5.92 Å². The first kappa shape index (κ1) is 23.3. The van der Waals surface area contributed by atoms with E-state index in [2.05, 4.69) is 10.6 Å². The number of nitrogens with one attached hydrogen (secondary N) is 2. The Kier molecular flexibility index (Phi) is 8.07. The molecule has 0 aromatic carbocycles. The molecule has 2 heterocycles. The summed E-state index contributed by atoms with van der Waals surface area (Å²) >= 11 is 1.58. The molecule has 2 N–H and O–H groups in total. The summed E-state index contributed by atoms with van der Waals surface area (Å²) < 4.78 is 1.92. The summed E-state index contributed by atoms with van der Waals surface area (Å²) in [5.41, 5.74) is -0.423. The van der Waals surface area contributed by atoms with Crippen LogP contribution in [0.1, 0.15) is 97.0 Å². The highest BCUT2D eigenvalue weighted by Gasteiger charge is 2.24. The second-order valence-electron chi connectivity index (χ2n) is 8.71. The highest BCUT2D eigenvalue weighted by molar-refractivity contribution is 7.10. The van der Waals surface area contributed by atoms with Gasteiger partial charge in [-0.05, 0) is 36.6 Å². The second-order valence-corrected chi connectivity index (χ2v) is 9.69. The van der Waals surface area contributed by atoms with Crippen molar-refractivity contribution in [1.82, 2.24) is 15.2 Å². The zero-order valence-electron chi connectivity index (χ0n) is 18.6. The first-order valence-electron chi connectivity index (χ1n) is 11.3. The average molecular weight is 444 g/mol. The third-order valence-electron chi connectivity index (χ3n) is 5.80. The fourth-order valence-corrected chi connectivity index (χ4v) is 4.86. The number of hydrogen-bond acceptors (Lipinski definition) is 4. The molecule has 1 saturated carbocycles. The van der Waals surface area contributed by atoms with Crippen LogP contribution in [0.15, 0.2) is 34.7 Å². The van der Waals surface area contributed by atoms with Crippen LogP contribution in [0.25, 0.3) is 0 Å². The summed E-state index contributed by atoms with van der Waals surface area (Å²) in [6, 6.07) is 3.98. The van der Waals surface area contributed by atoms with E-state index in [-0.39, 0.29) is 29.1 Å². The molecule has 0 bridgehead atoms. The van der Waals surface area contributed by atoms with E-state index < -0.39 is 17.2 Å². The lowest BCUT2D eigenvalue weighted by Gasteiger charge is -2.26. The number of carbonyl (C=O) groups is 2. The van der Waals surface area contributed by atoms with Gasteiger partial charge in [-0.2, -0.15) is 0 Å². The van der Waals surface area contributed by atoms with Crippen LogP contribution in [0.5, 0.6) is 0 Å². The minimum atomic E-state index is -0.508. The quantitative estimate of drug-likeness (QED) is 0.621. The molecule has 6 nitrogen and oxygen atoms in total. The highest BCUT2D eigenvalue weighted by atomic mass is 32.1. The predicted molar refractivity (Wildman–Crippen MR) is 125 cm³/mol. The van der Waals surface area contributed by atoms with Crippen LogP contribution in [0.3, 0.4) is 0 Å². The van der Waals surface area contributed by atoms with Crippen molar-refractivity contribution in [3.63, 3.8) is 0 Å². The van der Waals surface area contributed by atoms with Gasteiger partial charge in [-0.15, -0.1) is 11.3 Å². The zero-order valence-corrected chi connectivity index (χ0v) is 19.5. The van der Waals surface area contributed by atoms with Gasteiger partial charge in [0.1, 0.15) is 11.1 Å².